The van der Waals surface area contributed by atoms with Gasteiger partial charge in [-0.05, 0) is 29.7 Å². The molecule has 0 bridgehead atoms. The van der Waals surface area contributed by atoms with Crippen LogP contribution in [-0.2, 0) is 11.2 Å². The number of fused-ring (bicyclic) bond motifs is 2. The molecule has 1 atom stereocenters. The van der Waals surface area contributed by atoms with Crippen LogP contribution in [0.1, 0.15) is 37.9 Å². The van der Waals surface area contributed by atoms with Crippen molar-refractivity contribution < 1.29 is 14.4 Å². The number of benzene rings is 2. The number of rotatable bonds is 3. The molecule has 132 valence electrons. The van der Waals surface area contributed by atoms with Gasteiger partial charge >= 0.3 is 0 Å². The second kappa shape index (κ2) is 6.57. The molecule has 0 aliphatic carbocycles. The van der Waals surface area contributed by atoms with Gasteiger partial charge in [-0.1, -0.05) is 36.4 Å². The predicted molar refractivity (Wildman–Crippen MR) is 97.1 cm³/mol. The summed E-state index contributed by atoms with van der Waals surface area (Å²) in [5.74, 6) is -0.942. The first kappa shape index (κ1) is 16.8. The molecule has 4 rings (SSSR count). The van der Waals surface area contributed by atoms with Gasteiger partial charge < -0.3 is 4.90 Å². The molecule has 0 radical (unpaired) electrons. The monoisotopic (exact) mass is 368 g/mol. The Morgan fingerprint density at radius 1 is 1.00 bits per heavy atom. The third-order valence-corrected chi connectivity index (χ3v) is 5.31. The van der Waals surface area contributed by atoms with Crippen molar-refractivity contribution in [3.05, 3.63) is 70.8 Å². The van der Waals surface area contributed by atoms with Gasteiger partial charge in [0.15, 0.2) is 0 Å². The number of halogens is 1. The maximum atomic E-state index is 12.7. The first-order chi connectivity index (χ1) is 12.6. The lowest BCUT2D eigenvalue weighted by molar-refractivity contribution is -0.131. The number of nitrogens with zero attached hydrogens (tertiary/aromatic N) is 2. The number of carbonyl (C=O) groups excluding carboxylic acids is 3. The van der Waals surface area contributed by atoms with Gasteiger partial charge in [0.1, 0.15) is 5.88 Å². The highest BCUT2D eigenvalue weighted by Crippen LogP contribution is 2.33. The highest BCUT2D eigenvalue weighted by atomic mass is 35.5. The number of imide groups is 1. The van der Waals surface area contributed by atoms with Crippen LogP contribution < -0.4 is 0 Å². The van der Waals surface area contributed by atoms with Crippen LogP contribution in [0.4, 0.5) is 0 Å². The van der Waals surface area contributed by atoms with Gasteiger partial charge in [0.25, 0.3) is 11.8 Å². The lowest BCUT2D eigenvalue weighted by atomic mass is 9.92. The molecule has 6 heteroatoms. The lowest BCUT2D eigenvalue weighted by Crippen LogP contribution is -2.47. The molecular weight excluding hydrogens is 352 g/mol. The average Bonchev–Trinajstić information content (AvgIpc) is 2.93. The minimum atomic E-state index is -0.381. The van der Waals surface area contributed by atoms with Crippen molar-refractivity contribution in [1.29, 1.82) is 0 Å². The highest BCUT2D eigenvalue weighted by Gasteiger charge is 2.40. The average molecular weight is 369 g/mol. The molecule has 2 aromatic rings. The molecule has 0 unspecified atom stereocenters. The van der Waals surface area contributed by atoms with Gasteiger partial charge in [-0.15, -0.1) is 11.6 Å². The van der Waals surface area contributed by atoms with Crippen LogP contribution in [0.2, 0.25) is 0 Å². The Morgan fingerprint density at radius 2 is 1.62 bits per heavy atom. The molecular formula is C20H17ClN2O3. The maximum absolute atomic E-state index is 12.7. The number of hydrogen-bond donors (Lipinski definition) is 0. The molecule has 0 saturated heterocycles. The van der Waals surface area contributed by atoms with Crippen LogP contribution in [0.5, 0.6) is 0 Å². The summed E-state index contributed by atoms with van der Waals surface area (Å²) in [6, 6.07) is 14.3. The minimum absolute atomic E-state index is 0.124. The lowest BCUT2D eigenvalue weighted by Gasteiger charge is -2.38. The summed E-state index contributed by atoms with van der Waals surface area (Å²) in [5.41, 5.74) is 2.93. The van der Waals surface area contributed by atoms with Crippen molar-refractivity contribution in [2.24, 2.45) is 0 Å². The van der Waals surface area contributed by atoms with E-state index in [4.69, 9.17) is 11.6 Å². The van der Waals surface area contributed by atoms with E-state index in [9.17, 15) is 14.4 Å². The third-order valence-electron chi connectivity index (χ3n) is 5.08. The number of hydrogen-bond acceptors (Lipinski definition) is 3. The Hall–Kier alpha value is -2.66. The van der Waals surface area contributed by atoms with E-state index >= 15 is 0 Å². The third kappa shape index (κ3) is 2.59. The summed E-state index contributed by atoms with van der Waals surface area (Å²) >= 11 is 5.79. The van der Waals surface area contributed by atoms with Crippen LogP contribution in [0, 0.1) is 0 Å². The van der Waals surface area contributed by atoms with E-state index in [-0.39, 0.29) is 36.2 Å². The SMILES string of the molecule is O=C1c2ccccc2C(=O)N1C[C@H]1c2ccccc2CCN1C(=O)CCl. The fraction of sp³-hybridized carbons (Fsp3) is 0.250. The molecule has 2 heterocycles. The van der Waals surface area contributed by atoms with Gasteiger partial charge in [0, 0.05) is 6.54 Å². The van der Waals surface area contributed by atoms with Crippen LogP contribution in [0.3, 0.4) is 0 Å². The normalized spacial score (nSPS) is 18.7. The van der Waals surface area contributed by atoms with E-state index in [0.29, 0.717) is 17.7 Å². The van der Waals surface area contributed by atoms with Crippen LogP contribution in [0.15, 0.2) is 48.5 Å². The van der Waals surface area contributed by atoms with Crippen molar-refractivity contribution in [3.8, 4) is 0 Å². The summed E-state index contributed by atoms with van der Waals surface area (Å²) in [7, 11) is 0. The Kier molecular flexibility index (Phi) is 4.24. The molecule has 0 saturated carbocycles. The Labute approximate surface area is 156 Å². The minimum Gasteiger partial charge on any atom is -0.332 e. The second-order valence-electron chi connectivity index (χ2n) is 6.45. The van der Waals surface area contributed by atoms with Gasteiger partial charge in [0.05, 0.1) is 23.7 Å². The first-order valence-corrected chi connectivity index (χ1v) is 9.03. The zero-order valence-corrected chi connectivity index (χ0v) is 14.8. The van der Waals surface area contributed by atoms with Gasteiger partial charge in [-0.2, -0.15) is 0 Å². The standard InChI is InChI=1S/C20H17ClN2O3/c21-11-18(24)22-10-9-13-5-1-2-6-14(13)17(22)12-23-19(25)15-7-3-4-8-16(15)20(23)26/h1-8,17H,9-12H2/t17-/m0/s1. The molecule has 2 aromatic carbocycles. The Bertz CT molecular complexity index is 876. The van der Waals surface area contributed by atoms with Crippen molar-refractivity contribution in [2.45, 2.75) is 12.5 Å². The molecule has 0 spiro atoms. The molecule has 0 fully saturated rings. The zero-order chi connectivity index (χ0) is 18.3. The van der Waals surface area contributed by atoms with Crippen LogP contribution >= 0.6 is 11.6 Å². The van der Waals surface area contributed by atoms with Gasteiger partial charge in [-0.25, -0.2) is 0 Å². The topological polar surface area (TPSA) is 57.7 Å². The quantitative estimate of drug-likeness (QED) is 0.618. The van der Waals surface area contributed by atoms with Crippen LogP contribution in [0.25, 0.3) is 0 Å². The molecule has 0 aromatic heterocycles. The first-order valence-electron chi connectivity index (χ1n) is 8.50. The van der Waals surface area contributed by atoms with E-state index in [0.717, 1.165) is 17.5 Å². The number of amides is 3. The van der Waals surface area contributed by atoms with E-state index in [2.05, 4.69) is 0 Å². The fourth-order valence-electron chi connectivity index (χ4n) is 3.80. The maximum Gasteiger partial charge on any atom is 0.261 e. The Morgan fingerprint density at radius 3 is 2.27 bits per heavy atom. The Balaban J connectivity index is 1.70. The molecule has 3 amide bonds. The van der Waals surface area contributed by atoms with Gasteiger partial charge in [0.2, 0.25) is 5.91 Å². The molecule has 0 N–H and O–H groups in total. The highest BCUT2D eigenvalue weighted by molar-refractivity contribution is 6.27. The number of alkyl halides is 1. The van der Waals surface area contributed by atoms with Crippen molar-refractivity contribution >= 4 is 29.3 Å². The molecule has 2 aliphatic rings. The van der Waals surface area contributed by atoms with Crippen molar-refractivity contribution in [3.63, 3.8) is 0 Å². The smallest absolute Gasteiger partial charge is 0.261 e. The van der Waals surface area contributed by atoms with E-state index in [1.54, 1.807) is 29.2 Å². The van der Waals surface area contributed by atoms with E-state index < -0.39 is 0 Å². The van der Waals surface area contributed by atoms with Gasteiger partial charge in [-0.3, -0.25) is 19.3 Å². The summed E-state index contributed by atoms with van der Waals surface area (Å²) in [4.78, 5) is 40.7. The van der Waals surface area contributed by atoms with E-state index in [1.165, 1.54) is 4.90 Å². The molecule has 2 aliphatic heterocycles. The summed E-state index contributed by atoms with van der Waals surface area (Å²) in [6.07, 6.45) is 0.734. The molecule has 26 heavy (non-hydrogen) atoms. The van der Waals surface area contributed by atoms with Crippen molar-refractivity contribution in [1.82, 2.24) is 9.80 Å². The summed E-state index contributed by atoms with van der Waals surface area (Å²) in [5, 5.41) is 0. The zero-order valence-electron chi connectivity index (χ0n) is 14.0. The predicted octanol–water partition coefficient (Wildman–Crippen LogP) is 2.65. The number of carbonyl (C=O) groups is 3. The van der Waals surface area contributed by atoms with Crippen LogP contribution in [-0.4, -0.2) is 46.5 Å². The summed E-state index contributed by atoms with van der Waals surface area (Å²) in [6.45, 7) is 0.655. The fourth-order valence-corrected chi connectivity index (χ4v) is 3.96. The summed E-state index contributed by atoms with van der Waals surface area (Å²) < 4.78 is 0. The molecule has 5 nitrogen and oxygen atoms in total. The van der Waals surface area contributed by atoms with E-state index in [1.807, 2.05) is 24.3 Å². The largest absolute Gasteiger partial charge is 0.332 e. The second-order valence-corrected chi connectivity index (χ2v) is 6.72. The van der Waals surface area contributed by atoms with Crippen molar-refractivity contribution in [2.75, 3.05) is 19.0 Å².